The molecular weight excluding hydrogens is 364 g/mol. The number of carbonyl (C=O) groups excluding carboxylic acids is 1. The molecule has 2 aromatic carbocycles. The first-order valence-electron chi connectivity index (χ1n) is 9.92. The minimum Gasteiger partial charge on any atom is -0.460 e. The van der Waals surface area contributed by atoms with Crippen molar-refractivity contribution in [3.05, 3.63) is 59.7 Å². The van der Waals surface area contributed by atoms with E-state index in [1.165, 1.54) is 0 Å². The van der Waals surface area contributed by atoms with Gasteiger partial charge in [0.05, 0.1) is 0 Å². The summed E-state index contributed by atoms with van der Waals surface area (Å²) in [4.78, 5) is 16.3. The van der Waals surface area contributed by atoms with E-state index in [9.17, 15) is 9.90 Å². The number of esters is 1. The Morgan fingerprint density at radius 3 is 1.52 bits per heavy atom. The van der Waals surface area contributed by atoms with Crippen LogP contribution in [0.4, 0.5) is 11.4 Å². The Morgan fingerprint density at radius 1 is 0.828 bits per heavy atom. The summed E-state index contributed by atoms with van der Waals surface area (Å²) < 4.78 is 5.44. The number of anilines is 2. The molecule has 0 amide bonds. The smallest absolute Gasteiger partial charge is 0.306 e. The molecule has 0 bridgehead atoms. The summed E-state index contributed by atoms with van der Waals surface area (Å²) in [7, 11) is 7.90. The molecule has 5 heteroatoms. The molecule has 0 saturated heterocycles. The van der Waals surface area contributed by atoms with Crippen LogP contribution in [-0.2, 0) is 15.1 Å². The zero-order valence-corrected chi connectivity index (χ0v) is 18.7. The van der Waals surface area contributed by atoms with Crippen LogP contribution in [0.15, 0.2) is 48.5 Å². The third-order valence-electron chi connectivity index (χ3n) is 4.83. The van der Waals surface area contributed by atoms with E-state index in [2.05, 4.69) is 0 Å². The first kappa shape index (κ1) is 22.8. The Bertz CT molecular complexity index is 752. The molecule has 0 aliphatic carbocycles. The molecule has 5 nitrogen and oxygen atoms in total. The first-order chi connectivity index (χ1) is 13.4. The minimum atomic E-state index is -1.29. The molecule has 0 saturated carbocycles. The molecule has 0 aliphatic heterocycles. The summed E-state index contributed by atoms with van der Waals surface area (Å²) in [6.45, 7) is 5.53. The predicted octanol–water partition coefficient (Wildman–Crippen LogP) is 4.18. The molecule has 0 unspecified atom stereocenters. The van der Waals surface area contributed by atoms with E-state index < -0.39 is 11.2 Å². The molecule has 0 fully saturated rings. The number of aliphatic hydroxyl groups is 1. The summed E-state index contributed by atoms with van der Waals surface area (Å²) in [6.07, 6.45) is 0.364. The van der Waals surface area contributed by atoms with Crippen molar-refractivity contribution >= 4 is 17.3 Å². The highest BCUT2D eigenvalue weighted by atomic mass is 16.6. The van der Waals surface area contributed by atoms with Gasteiger partial charge in [0.1, 0.15) is 11.2 Å². The zero-order valence-electron chi connectivity index (χ0n) is 18.7. The van der Waals surface area contributed by atoms with Crippen LogP contribution >= 0.6 is 0 Å². The van der Waals surface area contributed by atoms with Crippen LogP contribution in [0.5, 0.6) is 0 Å². The van der Waals surface area contributed by atoms with Gasteiger partial charge in [0.2, 0.25) is 0 Å². The van der Waals surface area contributed by atoms with E-state index in [4.69, 9.17) is 4.74 Å². The van der Waals surface area contributed by atoms with Crippen molar-refractivity contribution in [2.45, 2.75) is 44.8 Å². The van der Waals surface area contributed by atoms with Gasteiger partial charge in [-0.2, -0.15) is 0 Å². The van der Waals surface area contributed by atoms with Crippen LogP contribution in [0.25, 0.3) is 0 Å². The van der Waals surface area contributed by atoms with Gasteiger partial charge in [0.25, 0.3) is 0 Å². The quantitative estimate of drug-likeness (QED) is 0.709. The van der Waals surface area contributed by atoms with E-state index in [0.29, 0.717) is 0 Å². The van der Waals surface area contributed by atoms with E-state index in [0.717, 1.165) is 22.5 Å². The van der Waals surface area contributed by atoms with Gasteiger partial charge in [-0.3, -0.25) is 4.79 Å². The summed E-state index contributed by atoms with van der Waals surface area (Å²) in [5.41, 5.74) is 1.77. The maximum Gasteiger partial charge on any atom is 0.306 e. The topological polar surface area (TPSA) is 53.0 Å². The summed E-state index contributed by atoms with van der Waals surface area (Å²) in [5.74, 6) is -0.314. The predicted molar refractivity (Wildman–Crippen MR) is 120 cm³/mol. The van der Waals surface area contributed by atoms with Gasteiger partial charge in [-0.25, -0.2) is 0 Å². The molecule has 0 spiro atoms. The second-order valence-corrected chi connectivity index (χ2v) is 8.83. The Hall–Kier alpha value is -2.53. The monoisotopic (exact) mass is 398 g/mol. The Balaban J connectivity index is 2.37. The lowest BCUT2D eigenvalue weighted by Gasteiger charge is -2.31. The molecular formula is C24H34N2O3. The number of ether oxygens (including phenoxy) is 1. The normalized spacial score (nSPS) is 11.9. The number of hydrogen-bond acceptors (Lipinski definition) is 5. The molecule has 0 heterocycles. The number of hydrogen-bond donors (Lipinski definition) is 1. The first-order valence-corrected chi connectivity index (χ1v) is 9.92. The lowest BCUT2D eigenvalue weighted by atomic mass is 9.82. The van der Waals surface area contributed by atoms with Crippen molar-refractivity contribution in [1.82, 2.24) is 0 Å². The van der Waals surface area contributed by atoms with Crippen molar-refractivity contribution in [3.63, 3.8) is 0 Å². The third kappa shape index (κ3) is 5.97. The fourth-order valence-corrected chi connectivity index (χ4v) is 3.20. The fraction of sp³-hybridized carbons (Fsp3) is 0.458. The second-order valence-electron chi connectivity index (χ2n) is 8.83. The highest BCUT2D eigenvalue weighted by Gasteiger charge is 2.33. The van der Waals surface area contributed by atoms with Crippen molar-refractivity contribution in [2.24, 2.45) is 0 Å². The maximum absolute atomic E-state index is 12.3. The molecule has 2 rings (SSSR count). The molecule has 158 valence electrons. The van der Waals surface area contributed by atoms with Gasteiger partial charge in [0, 0.05) is 46.0 Å². The summed E-state index contributed by atoms with van der Waals surface area (Å²) >= 11 is 0. The molecule has 1 N–H and O–H groups in total. The summed E-state index contributed by atoms with van der Waals surface area (Å²) in [5, 5.41) is 11.7. The van der Waals surface area contributed by atoms with E-state index in [1.807, 2.05) is 107 Å². The third-order valence-corrected chi connectivity index (χ3v) is 4.83. The molecule has 0 aliphatic rings. The molecule has 29 heavy (non-hydrogen) atoms. The number of benzene rings is 2. The molecule has 0 radical (unpaired) electrons. The fourth-order valence-electron chi connectivity index (χ4n) is 3.20. The Morgan fingerprint density at radius 2 is 1.21 bits per heavy atom. The van der Waals surface area contributed by atoms with E-state index >= 15 is 0 Å². The summed E-state index contributed by atoms with van der Waals surface area (Å²) in [6, 6.07) is 15.6. The van der Waals surface area contributed by atoms with Crippen LogP contribution in [0, 0.1) is 0 Å². The van der Waals surface area contributed by atoms with Crippen molar-refractivity contribution in [3.8, 4) is 0 Å². The molecule has 0 aromatic heterocycles. The number of nitrogens with zero attached hydrogens (tertiary/aromatic N) is 2. The average Bonchev–Trinajstić information content (AvgIpc) is 2.65. The van der Waals surface area contributed by atoms with Crippen molar-refractivity contribution in [2.75, 3.05) is 38.0 Å². The Labute approximate surface area is 174 Å². The van der Waals surface area contributed by atoms with Crippen LogP contribution in [0.2, 0.25) is 0 Å². The van der Waals surface area contributed by atoms with E-state index in [-0.39, 0.29) is 18.8 Å². The lowest BCUT2D eigenvalue weighted by molar-refractivity contribution is -0.156. The van der Waals surface area contributed by atoms with Crippen LogP contribution < -0.4 is 9.80 Å². The standard InChI is InChI=1S/C24H34N2O3/c1-23(2,3)29-22(27)16-17-24(28,18-8-12-20(13-9-18)25(4)5)19-10-14-21(15-11-19)26(6)7/h8-15,28H,16-17H2,1-7H3. The van der Waals surface area contributed by atoms with E-state index in [1.54, 1.807) is 0 Å². The van der Waals surface area contributed by atoms with Gasteiger partial charge < -0.3 is 19.6 Å². The highest BCUT2D eigenvalue weighted by Crippen LogP contribution is 2.36. The van der Waals surface area contributed by atoms with Crippen molar-refractivity contribution < 1.29 is 14.6 Å². The minimum absolute atomic E-state index is 0.124. The van der Waals surface area contributed by atoms with Gasteiger partial charge in [0.15, 0.2) is 0 Å². The Kier molecular flexibility index (Phi) is 6.96. The van der Waals surface area contributed by atoms with Crippen LogP contribution in [-0.4, -0.2) is 44.9 Å². The number of rotatable bonds is 7. The second kappa shape index (κ2) is 8.87. The lowest BCUT2D eigenvalue weighted by Crippen LogP contribution is -2.30. The van der Waals surface area contributed by atoms with Gasteiger partial charge >= 0.3 is 5.97 Å². The average molecular weight is 399 g/mol. The van der Waals surface area contributed by atoms with Gasteiger partial charge in [-0.1, -0.05) is 24.3 Å². The van der Waals surface area contributed by atoms with Crippen LogP contribution in [0.3, 0.4) is 0 Å². The SMILES string of the molecule is CN(C)c1ccc(C(O)(CCC(=O)OC(C)(C)C)c2ccc(N(C)C)cc2)cc1. The van der Waals surface area contributed by atoms with Crippen molar-refractivity contribution in [1.29, 1.82) is 0 Å². The zero-order chi connectivity index (χ0) is 21.8. The molecule has 2 aromatic rings. The molecule has 0 atom stereocenters. The van der Waals surface area contributed by atoms with Gasteiger partial charge in [-0.05, 0) is 62.6 Å². The van der Waals surface area contributed by atoms with Crippen LogP contribution in [0.1, 0.15) is 44.7 Å². The highest BCUT2D eigenvalue weighted by molar-refractivity contribution is 5.70. The maximum atomic E-state index is 12.3. The van der Waals surface area contributed by atoms with Gasteiger partial charge in [-0.15, -0.1) is 0 Å². The number of carbonyl (C=O) groups is 1. The largest absolute Gasteiger partial charge is 0.460 e.